The zero-order chi connectivity index (χ0) is 24.4. The summed E-state index contributed by atoms with van der Waals surface area (Å²) in [5.74, 6) is 0. The Hall–Kier alpha value is -2.51. The molecule has 0 radical (unpaired) electrons. The number of hydrogen-bond donors (Lipinski definition) is 1. The van der Waals surface area contributed by atoms with E-state index < -0.39 is 36.2 Å². The normalized spacial score (nSPS) is 20.3. The van der Waals surface area contributed by atoms with Crippen molar-refractivity contribution in [2.45, 2.75) is 84.5 Å². The van der Waals surface area contributed by atoms with Crippen molar-refractivity contribution in [3.05, 3.63) is 53.9 Å². The van der Waals surface area contributed by atoms with Crippen LogP contribution in [0.15, 0.2) is 42.6 Å². The molecule has 0 bridgehead atoms. The van der Waals surface area contributed by atoms with Gasteiger partial charge in [0.1, 0.15) is 24.1 Å². The highest BCUT2D eigenvalue weighted by molar-refractivity contribution is 5.70. The number of carbonyl (C=O) groups is 1. The molecule has 1 aliphatic heterocycles. The monoisotopic (exact) mass is 457 g/mol. The van der Waals surface area contributed by atoms with Gasteiger partial charge in [-0.1, -0.05) is 44.2 Å². The summed E-state index contributed by atoms with van der Waals surface area (Å²) in [6, 6.07) is 11.5. The summed E-state index contributed by atoms with van der Waals surface area (Å²) in [5, 5.41) is 3.36. The molecule has 0 spiro atoms. The Kier molecular flexibility index (Phi) is 7.44. The van der Waals surface area contributed by atoms with E-state index in [1.165, 1.54) is 4.90 Å². The number of hydrogen-bond acceptors (Lipinski definition) is 5. The van der Waals surface area contributed by atoms with Crippen LogP contribution in [0, 0.1) is 0 Å². The lowest BCUT2D eigenvalue weighted by molar-refractivity contribution is -0.0797. The minimum absolute atomic E-state index is 0.404. The molecule has 1 amide bonds. The van der Waals surface area contributed by atoms with E-state index in [2.05, 4.69) is 24.1 Å². The van der Waals surface area contributed by atoms with Crippen LogP contribution in [0.5, 0.6) is 0 Å². The van der Waals surface area contributed by atoms with E-state index in [0.29, 0.717) is 6.04 Å². The first-order valence-corrected chi connectivity index (χ1v) is 11.5. The molecule has 1 N–H and O–H groups in total. The molecule has 1 saturated heterocycles. The molecule has 33 heavy (non-hydrogen) atoms. The second-order valence-corrected chi connectivity index (χ2v) is 10.3. The molecule has 7 heteroatoms. The molecule has 0 saturated carbocycles. The van der Waals surface area contributed by atoms with Crippen molar-refractivity contribution in [3.63, 3.8) is 0 Å². The fourth-order valence-corrected chi connectivity index (χ4v) is 3.96. The first-order valence-electron chi connectivity index (χ1n) is 11.5. The Bertz CT molecular complexity index is 937. The van der Waals surface area contributed by atoms with E-state index in [1.807, 2.05) is 42.6 Å². The molecule has 180 valence electrons. The lowest BCUT2D eigenvalue weighted by Crippen LogP contribution is -2.50. The summed E-state index contributed by atoms with van der Waals surface area (Å²) in [4.78, 5) is 18.7. The fourth-order valence-electron chi connectivity index (χ4n) is 3.96. The number of pyridine rings is 1. The minimum atomic E-state index is -0.994. The third kappa shape index (κ3) is 6.09. The summed E-state index contributed by atoms with van der Waals surface area (Å²) >= 11 is 0. The third-order valence-corrected chi connectivity index (χ3v) is 5.51. The molecule has 3 rings (SSSR count). The predicted octanol–water partition coefficient (Wildman–Crippen LogP) is 5.63. The minimum Gasteiger partial charge on any atom is -0.444 e. The molecular formula is C26H36FN3O3. The van der Waals surface area contributed by atoms with Gasteiger partial charge in [0.25, 0.3) is 0 Å². The molecule has 2 atom stereocenters. The zero-order valence-electron chi connectivity index (χ0n) is 20.7. The Labute approximate surface area is 196 Å². The fraction of sp³-hybridized carbons (Fsp3) is 0.538. The Morgan fingerprint density at radius 1 is 1.18 bits per heavy atom. The average Bonchev–Trinajstić information content (AvgIpc) is 3.02. The number of nitrogens with one attached hydrogen (secondary N) is 1. The molecule has 6 nitrogen and oxygen atoms in total. The van der Waals surface area contributed by atoms with Crippen LogP contribution in [0.3, 0.4) is 0 Å². The van der Waals surface area contributed by atoms with Crippen LogP contribution >= 0.6 is 0 Å². The van der Waals surface area contributed by atoms with Crippen LogP contribution in [-0.4, -0.2) is 46.1 Å². The van der Waals surface area contributed by atoms with Gasteiger partial charge in [-0.15, -0.1) is 0 Å². The Morgan fingerprint density at radius 2 is 1.82 bits per heavy atom. The largest absolute Gasteiger partial charge is 0.444 e. The lowest BCUT2D eigenvalue weighted by Gasteiger charge is -2.34. The van der Waals surface area contributed by atoms with Crippen LogP contribution in [0.25, 0.3) is 11.1 Å². The van der Waals surface area contributed by atoms with Crippen molar-refractivity contribution in [3.8, 4) is 11.1 Å². The second-order valence-electron chi connectivity index (χ2n) is 10.3. The number of halogens is 1. The van der Waals surface area contributed by atoms with Crippen molar-refractivity contribution in [1.29, 1.82) is 0 Å². The van der Waals surface area contributed by atoms with Gasteiger partial charge < -0.3 is 14.8 Å². The molecule has 1 aromatic carbocycles. The average molecular weight is 458 g/mol. The summed E-state index contributed by atoms with van der Waals surface area (Å²) in [5.41, 5.74) is 2.13. The highest BCUT2D eigenvalue weighted by Gasteiger charge is 2.51. The van der Waals surface area contributed by atoms with E-state index in [0.717, 1.165) is 28.9 Å². The SMILES string of the molecule is CC(C)NCc1ccc(-c2ccc(C3OC(C)(C)N(C(=O)OC(C)(C)C)C3CF)cc2)cn1. The van der Waals surface area contributed by atoms with Crippen LogP contribution in [0.2, 0.25) is 0 Å². The van der Waals surface area contributed by atoms with Crippen molar-refractivity contribution in [1.82, 2.24) is 15.2 Å². The summed E-state index contributed by atoms with van der Waals surface area (Å²) in [6.45, 7) is 13.1. The number of amides is 1. The molecular weight excluding hydrogens is 421 g/mol. The Morgan fingerprint density at radius 3 is 2.33 bits per heavy atom. The summed E-state index contributed by atoms with van der Waals surface area (Å²) < 4.78 is 25.9. The van der Waals surface area contributed by atoms with E-state index in [1.54, 1.807) is 34.6 Å². The van der Waals surface area contributed by atoms with Crippen LogP contribution in [0.1, 0.15) is 65.8 Å². The van der Waals surface area contributed by atoms with E-state index in [-0.39, 0.29) is 0 Å². The van der Waals surface area contributed by atoms with Crippen LogP contribution in [-0.2, 0) is 16.0 Å². The van der Waals surface area contributed by atoms with Gasteiger partial charge in [0.2, 0.25) is 0 Å². The Balaban J connectivity index is 1.77. The maximum Gasteiger partial charge on any atom is 0.413 e. The highest BCUT2D eigenvalue weighted by Crippen LogP contribution is 2.42. The number of benzene rings is 1. The van der Waals surface area contributed by atoms with Gasteiger partial charge in [-0.2, -0.15) is 0 Å². The van der Waals surface area contributed by atoms with Gasteiger partial charge in [0.05, 0.1) is 11.7 Å². The highest BCUT2D eigenvalue weighted by atomic mass is 19.1. The maximum atomic E-state index is 14.2. The number of aromatic nitrogens is 1. The number of carbonyl (C=O) groups excluding carboxylic acids is 1. The zero-order valence-corrected chi connectivity index (χ0v) is 20.7. The second kappa shape index (κ2) is 9.77. The molecule has 1 aromatic heterocycles. The molecule has 0 aliphatic carbocycles. The number of alkyl halides is 1. The summed E-state index contributed by atoms with van der Waals surface area (Å²) in [7, 11) is 0. The first kappa shape index (κ1) is 25.1. The van der Waals surface area contributed by atoms with E-state index >= 15 is 0 Å². The molecule has 1 aliphatic rings. The van der Waals surface area contributed by atoms with Gasteiger partial charge in [0.15, 0.2) is 0 Å². The van der Waals surface area contributed by atoms with E-state index in [9.17, 15) is 9.18 Å². The quantitative estimate of drug-likeness (QED) is 0.609. The van der Waals surface area contributed by atoms with Gasteiger partial charge in [-0.3, -0.25) is 9.88 Å². The third-order valence-electron chi connectivity index (χ3n) is 5.51. The molecule has 2 heterocycles. The number of nitrogens with zero attached hydrogens (tertiary/aromatic N) is 2. The van der Waals surface area contributed by atoms with Crippen LogP contribution in [0.4, 0.5) is 9.18 Å². The smallest absolute Gasteiger partial charge is 0.413 e. The van der Waals surface area contributed by atoms with E-state index in [4.69, 9.17) is 9.47 Å². The maximum absolute atomic E-state index is 14.2. The molecule has 2 aromatic rings. The van der Waals surface area contributed by atoms with Crippen LogP contribution < -0.4 is 5.32 Å². The van der Waals surface area contributed by atoms with Crippen molar-refractivity contribution >= 4 is 6.09 Å². The predicted molar refractivity (Wildman–Crippen MR) is 127 cm³/mol. The van der Waals surface area contributed by atoms with Crippen molar-refractivity contribution in [2.24, 2.45) is 0 Å². The number of ether oxygens (including phenoxy) is 2. The summed E-state index contributed by atoms with van der Waals surface area (Å²) in [6.07, 6.45) is 0.692. The van der Waals surface area contributed by atoms with Gasteiger partial charge in [0, 0.05) is 24.3 Å². The van der Waals surface area contributed by atoms with Gasteiger partial charge in [-0.05, 0) is 51.8 Å². The van der Waals surface area contributed by atoms with Crippen molar-refractivity contribution in [2.75, 3.05) is 6.67 Å². The van der Waals surface area contributed by atoms with Crippen molar-refractivity contribution < 1.29 is 18.7 Å². The first-order chi connectivity index (χ1) is 15.4. The number of rotatable bonds is 6. The standard InChI is InChI=1S/C26H36FN3O3/c1-17(2)28-16-21-13-12-20(15-29-21)18-8-10-19(11-9-18)23-22(14-27)30(26(6,7)32-23)24(31)33-25(3,4)5/h8-13,15,17,22-23,28H,14,16H2,1-7H3. The lowest BCUT2D eigenvalue weighted by atomic mass is 9.99. The topological polar surface area (TPSA) is 63.7 Å². The molecule has 2 unspecified atom stereocenters. The van der Waals surface area contributed by atoms with Gasteiger partial charge >= 0.3 is 6.09 Å². The van der Waals surface area contributed by atoms with Gasteiger partial charge in [-0.25, -0.2) is 9.18 Å². The molecule has 1 fully saturated rings.